The Hall–Kier alpha value is -1.78. The SMILES string of the molecule is COc1ccccc1CN(Cc1ccc(C(C)(C)O)o1)CC(C)C. The van der Waals surface area contributed by atoms with Crippen LogP contribution in [0.2, 0.25) is 0 Å². The van der Waals surface area contributed by atoms with Gasteiger partial charge in [-0.1, -0.05) is 32.0 Å². The fraction of sp³-hybridized carbons (Fsp3) is 0.500. The molecule has 0 saturated carbocycles. The number of aliphatic hydroxyl groups is 1. The van der Waals surface area contributed by atoms with Gasteiger partial charge in [-0.15, -0.1) is 0 Å². The molecule has 1 aromatic carbocycles. The van der Waals surface area contributed by atoms with Crippen molar-refractivity contribution in [2.24, 2.45) is 5.92 Å². The number of nitrogens with zero attached hydrogens (tertiary/aromatic N) is 1. The Labute approximate surface area is 145 Å². The zero-order valence-electron chi connectivity index (χ0n) is 15.4. The lowest BCUT2D eigenvalue weighted by Crippen LogP contribution is -2.27. The maximum absolute atomic E-state index is 10.1. The van der Waals surface area contributed by atoms with Crippen molar-refractivity contribution in [1.82, 2.24) is 4.90 Å². The molecule has 0 aliphatic carbocycles. The van der Waals surface area contributed by atoms with E-state index in [0.29, 0.717) is 18.2 Å². The van der Waals surface area contributed by atoms with Crippen molar-refractivity contribution in [2.75, 3.05) is 13.7 Å². The van der Waals surface area contributed by atoms with Gasteiger partial charge in [0.05, 0.1) is 13.7 Å². The second-order valence-corrected chi connectivity index (χ2v) is 7.20. The number of benzene rings is 1. The van der Waals surface area contributed by atoms with E-state index in [2.05, 4.69) is 24.8 Å². The quantitative estimate of drug-likeness (QED) is 0.788. The maximum Gasteiger partial charge on any atom is 0.135 e. The van der Waals surface area contributed by atoms with Gasteiger partial charge in [0.2, 0.25) is 0 Å². The normalized spacial score (nSPS) is 12.2. The molecule has 0 bridgehead atoms. The predicted molar refractivity (Wildman–Crippen MR) is 95.9 cm³/mol. The van der Waals surface area contributed by atoms with E-state index in [9.17, 15) is 5.11 Å². The van der Waals surface area contributed by atoms with Gasteiger partial charge < -0.3 is 14.3 Å². The summed E-state index contributed by atoms with van der Waals surface area (Å²) in [6.07, 6.45) is 0. The highest BCUT2D eigenvalue weighted by atomic mass is 16.5. The third-order valence-electron chi connectivity index (χ3n) is 3.85. The number of furan rings is 1. The number of hydrogen-bond donors (Lipinski definition) is 1. The molecular formula is C20H29NO3. The van der Waals surface area contributed by atoms with E-state index in [1.165, 1.54) is 0 Å². The van der Waals surface area contributed by atoms with Gasteiger partial charge in [-0.05, 0) is 38.0 Å². The minimum absolute atomic E-state index is 0.545. The van der Waals surface area contributed by atoms with Crippen molar-refractivity contribution in [1.29, 1.82) is 0 Å². The topological polar surface area (TPSA) is 45.8 Å². The Morgan fingerprint density at radius 3 is 2.42 bits per heavy atom. The zero-order chi connectivity index (χ0) is 17.7. The summed E-state index contributed by atoms with van der Waals surface area (Å²) in [6.45, 7) is 10.3. The third-order valence-corrected chi connectivity index (χ3v) is 3.85. The summed E-state index contributed by atoms with van der Waals surface area (Å²) in [5.74, 6) is 2.91. The summed E-state index contributed by atoms with van der Waals surface area (Å²) < 4.78 is 11.3. The van der Waals surface area contributed by atoms with Crippen LogP contribution in [0, 0.1) is 5.92 Å². The lowest BCUT2D eigenvalue weighted by molar-refractivity contribution is 0.0514. The summed E-state index contributed by atoms with van der Waals surface area (Å²) in [5, 5.41) is 10.1. The van der Waals surface area contributed by atoms with Gasteiger partial charge in [0.1, 0.15) is 22.9 Å². The van der Waals surface area contributed by atoms with Gasteiger partial charge in [-0.25, -0.2) is 0 Å². The van der Waals surface area contributed by atoms with Gasteiger partial charge in [-0.3, -0.25) is 4.90 Å². The molecule has 0 amide bonds. The number of hydrogen-bond acceptors (Lipinski definition) is 4. The number of ether oxygens (including phenoxy) is 1. The maximum atomic E-state index is 10.1. The zero-order valence-corrected chi connectivity index (χ0v) is 15.4. The van der Waals surface area contributed by atoms with E-state index >= 15 is 0 Å². The van der Waals surface area contributed by atoms with Gasteiger partial charge in [0, 0.05) is 18.7 Å². The summed E-state index contributed by atoms with van der Waals surface area (Å²) in [6, 6.07) is 11.9. The minimum Gasteiger partial charge on any atom is -0.496 e. The Morgan fingerprint density at radius 2 is 1.83 bits per heavy atom. The Bertz CT molecular complexity index is 640. The summed E-state index contributed by atoms with van der Waals surface area (Å²) in [7, 11) is 1.70. The molecule has 1 aromatic heterocycles. The fourth-order valence-corrected chi connectivity index (χ4v) is 2.79. The lowest BCUT2D eigenvalue weighted by atomic mass is 10.1. The average Bonchev–Trinajstić information content (AvgIpc) is 2.95. The van der Waals surface area contributed by atoms with Crippen LogP contribution in [0.15, 0.2) is 40.8 Å². The van der Waals surface area contributed by atoms with Gasteiger partial charge in [0.25, 0.3) is 0 Å². The van der Waals surface area contributed by atoms with Crippen LogP contribution in [0.25, 0.3) is 0 Å². The van der Waals surface area contributed by atoms with Gasteiger partial charge >= 0.3 is 0 Å². The molecule has 132 valence electrons. The lowest BCUT2D eigenvalue weighted by Gasteiger charge is -2.24. The monoisotopic (exact) mass is 331 g/mol. The second-order valence-electron chi connectivity index (χ2n) is 7.20. The van der Waals surface area contributed by atoms with E-state index in [0.717, 1.165) is 30.2 Å². The first-order valence-electron chi connectivity index (χ1n) is 8.45. The highest BCUT2D eigenvalue weighted by Crippen LogP contribution is 2.25. The average molecular weight is 331 g/mol. The van der Waals surface area contributed by atoms with Crippen molar-refractivity contribution < 1.29 is 14.3 Å². The first kappa shape index (κ1) is 18.6. The Balaban J connectivity index is 2.15. The first-order chi connectivity index (χ1) is 11.3. The van der Waals surface area contributed by atoms with E-state index in [4.69, 9.17) is 9.15 Å². The molecule has 0 fully saturated rings. The molecule has 1 heterocycles. The molecule has 0 radical (unpaired) electrons. The highest BCUT2D eigenvalue weighted by Gasteiger charge is 2.21. The van der Waals surface area contributed by atoms with Crippen molar-refractivity contribution >= 4 is 0 Å². The van der Waals surface area contributed by atoms with Crippen molar-refractivity contribution in [3.05, 3.63) is 53.5 Å². The molecule has 1 N–H and O–H groups in total. The highest BCUT2D eigenvalue weighted by molar-refractivity contribution is 5.33. The smallest absolute Gasteiger partial charge is 0.135 e. The third kappa shape index (κ3) is 5.11. The van der Waals surface area contributed by atoms with Crippen LogP contribution in [0.5, 0.6) is 5.75 Å². The van der Waals surface area contributed by atoms with Crippen molar-refractivity contribution in [2.45, 2.75) is 46.4 Å². The second kappa shape index (κ2) is 7.86. The van der Waals surface area contributed by atoms with Crippen LogP contribution in [0.3, 0.4) is 0 Å². The summed E-state index contributed by atoms with van der Waals surface area (Å²) >= 11 is 0. The van der Waals surface area contributed by atoms with E-state index < -0.39 is 5.60 Å². The molecule has 0 saturated heterocycles. The molecule has 0 atom stereocenters. The Morgan fingerprint density at radius 1 is 1.12 bits per heavy atom. The fourth-order valence-electron chi connectivity index (χ4n) is 2.79. The molecule has 0 spiro atoms. The standard InChI is InChI=1S/C20H29NO3/c1-15(2)12-21(13-16-8-6-7-9-18(16)23-5)14-17-10-11-19(24-17)20(3,4)22/h6-11,15,22H,12-14H2,1-5H3. The van der Waals surface area contributed by atoms with E-state index in [1.54, 1.807) is 21.0 Å². The molecule has 4 nitrogen and oxygen atoms in total. The van der Waals surface area contributed by atoms with E-state index in [-0.39, 0.29) is 0 Å². The summed E-state index contributed by atoms with van der Waals surface area (Å²) in [4.78, 5) is 2.34. The molecule has 4 heteroatoms. The van der Waals surface area contributed by atoms with Gasteiger partial charge in [-0.2, -0.15) is 0 Å². The Kier molecular flexibility index (Phi) is 6.08. The molecular weight excluding hydrogens is 302 g/mol. The van der Waals surface area contributed by atoms with Crippen LogP contribution in [0.1, 0.15) is 44.8 Å². The number of para-hydroxylation sites is 1. The molecule has 2 rings (SSSR count). The molecule has 0 aliphatic rings. The largest absolute Gasteiger partial charge is 0.496 e. The molecule has 0 unspecified atom stereocenters. The van der Waals surface area contributed by atoms with Crippen molar-refractivity contribution in [3.63, 3.8) is 0 Å². The van der Waals surface area contributed by atoms with E-state index in [1.807, 2.05) is 30.3 Å². The molecule has 24 heavy (non-hydrogen) atoms. The summed E-state index contributed by atoms with van der Waals surface area (Å²) in [5.41, 5.74) is 0.207. The predicted octanol–water partition coefficient (Wildman–Crippen LogP) is 4.17. The van der Waals surface area contributed by atoms with Crippen LogP contribution >= 0.6 is 0 Å². The van der Waals surface area contributed by atoms with Crippen LogP contribution in [-0.4, -0.2) is 23.7 Å². The minimum atomic E-state index is -0.955. The van der Waals surface area contributed by atoms with Gasteiger partial charge in [0.15, 0.2) is 0 Å². The molecule has 0 aliphatic heterocycles. The van der Waals surface area contributed by atoms with Crippen LogP contribution in [0.4, 0.5) is 0 Å². The first-order valence-corrected chi connectivity index (χ1v) is 8.45. The van der Waals surface area contributed by atoms with Crippen LogP contribution < -0.4 is 4.74 Å². The van der Waals surface area contributed by atoms with Crippen molar-refractivity contribution in [3.8, 4) is 5.75 Å². The number of rotatable bonds is 8. The molecule has 2 aromatic rings. The number of methoxy groups -OCH3 is 1. The van der Waals surface area contributed by atoms with Crippen LogP contribution in [-0.2, 0) is 18.7 Å².